The third-order valence-corrected chi connectivity index (χ3v) is 3.24. The van der Waals surface area contributed by atoms with Crippen LogP contribution in [0, 0.1) is 11.3 Å². The first kappa shape index (κ1) is 12.0. The summed E-state index contributed by atoms with van der Waals surface area (Å²) in [6, 6.07) is 5.88. The fourth-order valence-electron chi connectivity index (χ4n) is 2.24. The van der Waals surface area contributed by atoms with Gasteiger partial charge in [-0.05, 0) is 30.5 Å². The highest BCUT2D eigenvalue weighted by Gasteiger charge is 2.21. The molecule has 1 fully saturated rings. The summed E-state index contributed by atoms with van der Waals surface area (Å²) in [6.07, 6.45) is 5.62. The molecule has 0 spiro atoms. The lowest BCUT2D eigenvalue weighted by molar-refractivity contribution is 0.0902. The van der Waals surface area contributed by atoms with E-state index in [0.717, 1.165) is 24.8 Å². The van der Waals surface area contributed by atoms with Crippen LogP contribution in [0.15, 0.2) is 18.3 Å². The first-order valence-electron chi connectivity index (χ1n) is 6.06. The van der Waals surface area contributed by atoms with Crippen LogP contribution in [0.2, 0.25) is 0 Å². The Morgan fingerprint density at radius 1 is 1.47 bits per heavy atom. The predicted octanol–water partition coefficient (Wildman–Crippen LogP) is 1.35. The van der Waals surface area contributed by atoms with Gasteiger partial charge in [-0.25, -0.2) is 4.98 Å². The van der Waals surface area contributed by atoms with E-state index in [-0.39, 0.29) is 12.1 Å². The van der Waals surface area contributed by atoms with E-state index in [1.165, 1.54) is 6.42 Å². The topological polar surface area (TPSA) is 68.9 Å². The van der Waals surface area contributed by atoms with Crippen molar-refractivity contribution in [2.45, 2.75) is 44.4 Å². The molecule has 0 saturated heterocycles. The molecule has 17 heavy (non-hydrogen) atoms. The Balaban J connectivity index is 1.90. The number of aliphatic hydroxyl groups is 1. The van der Waals surface area contributed by atoms with Crippen molar-refractivity contribution in [3.63, 3.8) is 0 Å². The normalized spacial score (nSPS) is 24.2. The summed E-state index contributed by atoms with van der Waals surface area (Å²) < 4.78 is 0. The summed E-state index contributed by atoms with van der Waals surface area (Å²) in [4.78, 5) is 3.93. The summed E-state index contributed by atoms with van der Waals surface area (Å²) in [7, 11) is 0. The number of rotatable bonds is 3. The zero-order valence-electron chi connectivity index (χ0n) is 9.76. The molecule has 1 aromatic heterocycles. The van der Waals surface area contributed by atoms with Gasteiger partial charge in [-0.2, -0.15) is 5.26 Å². The van der Waals surface area contributed by atoms with Crippen molar-refractivity contribution in [3.05, 3.63) is 29.6 Å². The van der Waals surface area contributed by atoms with Gasteiger partial charge in [-0.3, -0.25) is 0 Å². The van der Waals surface area contributed by atoms with Gasteiger partial charge in [0, 0.05) is 18.8 Å². The van der Waals surface area contributed by atoms with Crippen LogP contribution in [0.4, 0.5) is 0 Å². The van der Waals surface area contributed by atoms with Crippen molar-refractivity contribution < 1.29 is 5.11 Å². The summed E-state index contributed by atoms with van der Waals surface area (Å²) in [5.74, 6) is 0. The maximum atomic E-state index is 9.82. The Labute approximate surface area is 101 Å². The highest BCUT2D eigenvalue weighted by molar-refractivity contribution is 5.25. The van der Waals surface area contributed by atoms with Crippen LogP contribution in [0.25, 0.3) is 0 Å². The van der Waals surface area contributed by atoms with Crippen molar-refractivity contribution in [3.8, 4) is 6.07 Å². The lowest BCUT2D eigenvalue weighted by Gasteiger charge is -2.28. The molecule has 2 unspecified atom stereocenters. The average Bonchev–Trinajstić information content (AvgIpc) is 2.38. The van der Waals surface area contributed by atoms with E-state index in [1.807, 2.05) is 12.1 Å². The second-order valence-electron chi connectivity index (χ2n) is 4.50. The minimum Gasteiger partial charge on any atom is -0.392 e. The van der Waals surface area contributed by atoms with Gasteiger partial charge in [0.15, 0.2) is 0 Å². The van der Waals surface area contributed by atoms with Gasteiger partial charge in [-0.1, -0.05) is 12.8 Å². The molecule has 0 aliphatic heterocycles. The molecule has 0 radical (unpaired) electrons. The largest absolute Gasteiger partial charge is 0.392 e. The molecule has 4 nitrogen and oxygen atoms in total. The van der Waals surface area contributed by atoms with E-state index >= 15 is 0 Å². The number of aromatic nitrogens is 1. The molecular formula is C13H17N3O. The maximum Gasteiger partial charge on any atom is 0.140 e. The molecule has 0 bridgehead atoms. The van der Waals surface area contributed by atoms with E-state index in [0.29, 0.717) is 12.2 Å². The van der Waals surface area contributed by atoms with Crippen LogP contribution >= 0.6 is 0 Å². The molecule has 2 rings (SSSR count). The molecule has 1 aliphatic carbocycles. The molecule has 2 atom stereocenters. The van der Waals surface area contributed by atoms with Gasteiger partial charge < -0.3 is 10.4 Å². The summed E-state index contributed by atoms with van der Waals surface area (Å²) in [5, 5.41) is 21.9. The quantitative estimate of drug-likeness (QED) is 0.823. The van der Waals surface area contributed by atoms with E-state index in [4.69, 9.17) is 5.26 Å². The van der Waals surface area contributed by atoms with Crippen LogP contribution in [0.1, 0.15) is 36.9 Å². The van der Waals surface area contributed by atoms with Crippen LogP contribution in [-0.2, 0) is 6.54 Å². The van der Waals surface area contributed by atoms with Crippen molar-refractivity contribution >= 4 is 0 Å². The van der Waals surface area contributed by atoms with Crippen molar-refractivity contribution in [2.75, 3.05) is 0 Å². The Morgan fingerprint density at radius 2 is 2.29 bits per heavy atom. The number of nitriles is 1. The lowest BCUT2D eigenvalue weighted by atomic mass is 9.92. The first-order valence-corrected chi connectivity index (χ1v) is 6.06. The number of nitrogens with zero attached hydrogens (tertiary/aromatic N) is 2. The van der Waals surface area contributed by atoms with Gasteiger partial charge >= 0.3 is 0 Å². The zero-order chi connectivity index (χ0) is 12.1. The molecular weight excluding hydrogens is 214 g/mol. The Bertz CT molecular complexity index is 413. The molecule has 2 N–H and O–H groups in total. The minimum absolute atomic E-state index is 0.183. The third kappa shape index (κ3) is 3.26. The van der Waals surface area contributed by atoms with Gasteiger partial charge in [0.1, 0.15) is 11.8 Å². The van der Waals surface area contributed by atoms with Crippen molar-refractivity contribution in [1.29, 1.82) is 5.26 Å². The van der Waals surface area contributed by atoms with Crippen LogP contribution in [-0.4, -0.2) is 22.2 Å². The number of hydrogen-bond acceptors (Lipinski definition) is 4. The molecule has 90 valence electrons. The van der Waals surface area contributed by atoms with Gasteiger partial charge in [-0.15, -0.1) is 0 Å². The third-order valence-electron chi connectivity index (χ3n) is 3.24. The molecule has 0 amide bonds. The maximum absolute atomic E-state index is 9.82. The smallest absolute Gasteiger partial charge is 0.140 e. The summed E-state index contributed by atoms with van der Waals surface area (Å²) in [5.41, 5.74) is 1.47. The Hall–Kier alpha value is -1.44. The molecule has 4 heteroatoms. The fourth-order valence-corrected chi connectivity index (χ4v) is 2.24. The Kier molecular flexibility index (Phi) is 4.08. The van der Waals surface area contributed by atoms with Gasteiger partial charge in [0.2, 0.25) is 0 Å². The highest BCUT2D eigenvalue weighted by atomic mass is 16.3. The number of hydrogen-bond donors (Lipinski definition) is 2. The summed E-state index contributed by atoms with van der Waals surface area (Å²) >= 11 is 0. The van der Waals surface area contributed by atoms with E-state index < -0.39 is 0 Å². The molecule has 1 saturated carbocycles. The van der Waals surface area contributed by atoms with E-state index in [1.54, 1.807) is 12.3 Å². The predicted molar refractivity (Wildman–Crippen MR) is 64.1 cm³/mol. The monoisotopic (exact) mass is 231 g/mol. The molecule has 1 aromatic rings. The standard InChI is InChI=1S/C13H17N3O/c14-8-11-7-10(5-6-15-11)9-16-12-3-1-2-4-13(12)17/h5-7,12-13,16-17H,1-4,9H2. The van der Waals surface area contributed by atoms with Gasteiger partial charge in [0.25, 0.3) is 0 Å². The lowest BCUT2D eigenvalue weighted by Crippen LogP contribution is -2.41. The van der Waals surface area contributed by atoms with Crippen LogP contribution < -0.4 is 5.32 Å². The molecule has 0 aromatic carbocycles. The van der Waals surface area contributed by atoms with Crippen molar-refractivity contribution in [1.82, 2.24) is 10.3 Å². The minimum atomic E-state index is -0.235. The summed E-state index contributed by atoms with van der Waals surface area (Å²) in [6.45, 7) is 0.679. The second kappa shape index (κ2) is 5.76. The highest BCUT2D eigenvalue weighted by Crippen LogP contribution is 2.18. The average molecular weight is 231 g/mol. The Morgan fingerprint density at radius 3 is 3.06 bits per heavy atom. The van der Waals surface area contributed by atoms with Crippen LogP contribution in [0.5, 0.6) is 0 Å². The first-order chi connectivity index (χ1) is 8.29. The number of aliphatic hydroxyl groups excluding tert-OH is 1. The number of nitrogens with one attached hydrogen (secondary N) is 1. The second-order valence-corrected chi connectivity index (χ2v) is 4.50. The number of pyridine rings is 1. The molecule has 1 aliphatic rings. The van der Waals surface area contributed by atoms with Crippen molar-refractivity contribution in [2.24, 2.45) is 0 Å². The van der Waals surface area contributed by atoms with Crippen LogP contribution in [0.3, 0.4) is 0 Å². The molecule has 1 heterocycles. The SMILES string of the molecule is N#Cc1cc(CNC2CCCCC2O)ccn1. The van der Waals surface area contributed by atoms with Gasteiger partial charge in [0.05, 0.1) is 6.10 Å². The van der Waals surface area contributed by atoms with E-state index in [2.05, 4.69) is 10.3 Å². The fraction of sp³-hybridized carbons (Fsp3) is 0.538. The van der Waals surface area contributed by atoms with E-state index in [9.17, 15) is 5.11 Å². The zero-order valence-corrected chi connectivity index (χ0v) is 9.76.